The maximum absolute atomic E-state index is 12.4. The van der Waals surface area contributed by atoms with Crippen LogP contribution in [0.3, 0.4) is 0 Å². The zero-order valence-corrected chi connectivity index (χ0v) is 14.8. The third-order valence-corrected chi connectivity index (χ3v) is 3.88. The summed E-state index contributed by atoms with van der Waals surface area (Å²) in [6.45, 7) is 5.88. The number of aryl methyl sites for hydroxylation is 1. The van der Waals surface area contributed by atoms with Gasteiger partial charge in [0.05, 0.1) is 4.92 Å². The molecule has 2 rings (SSSR count). The molecule has 6 heteroatoms. The lowest BCUT2D eigenvalue weighted by atomic mass is 10.0. The predicted octanol–water partition coefficient (Wildman–Crippen LogP) is 4.57. The first kappa shape index (κ1) is 18.9. The molecule has 0 saturated carbocycles. The highest BCUT2D eigenvalue weighted by molar-refractivity contribution is 6.10. The zero-order valence-electron chi connectivity index (χ0n) is 14.8. The molecular weight excluding hydrogens is 330 g/mol. The van der Waals surface area contributed by atoms with Crippen molar-refractivity contribution in [1.82, 2.24) is 0 Å². The van der Waals surface area contributed by atoms with Gasteiger partial charge in [-0.15, -0.1) is 0 Å². The fourth-order valence-corrected chi connectivity index (χ4v) is 2.38. The molecule has 0 aliphatic carbocycles. The lowest BCUT2D eigenvalue weighted by Crippen LogP contribution is -2.14. The minimum absolute atomic E-state index is 0.0573. The van der Waals surface area contributed by atoms with Gasteiger partial charge in [0, 0.05) is 6.07 Å². The number of hydrogen-bond acceptors (Lipinski definition) is 4. The van der Waals surface area contributed by atoms with Crippen molar-refractivity contribution in [1.29, 1.82) is 5.26 Å². The van der Waals surface area contributed by atoms with E-state index < -0.39 is 10.8 Å². The summed E-state index contributed by atoms with van der Waals surface area (Å²) in [4.78, 5) is 22.9. The Morgan fingerprint density at radius 3 is 2.42 bits per heavy atom. The highest BCUT2D eigenvalue weighted by atomic mass is 16.6. The van der Waals surface area contributed by atoms with Crippen molar-refractivity contribution >= 4 is 23.4 Å². The van der Waals surface area contributed by atoms with Crippen molar-refractivity contribution in [2.75, 3.05) is 5.32 Å². The van der Waals surface area contributed by atoms with Crippen LogP contribution in [0.4, 0.5) is 11.4 Å². The van der Waals surface area contributed by atoms with Gasteiger partial charge < -0.3 is 5.32 Å². The Bertz CT molecular complexity index is 907. The van der Waals surface area contributed by atoms with E-state index in [4.69, 9.17) is 0 Å². The van der Waals surface area contributed by atoms with E-state index >= 15 is 0 Å². The molecule has 0 spiro atoms. The summed E-state index contributed by atoms with van der Waals surface area (Å²) in [5, 5.41) is 22.9. The second-order valence-electron chi connectivity index (χ2n) is 6.22. The second-order valence-corrected chi connectivity index (χ2v) is 6.22. The number of benzene rings is 2. The standard InChI is InChI=1S/C20H19N3O3/c1-13(2)16-7-5-15(6-8-16)11-17(12-21)20(24)22-18-9-4-14(3)10-19(18)23(25)26/h4-11,13H,1-3H3,(H,22,24). The molecule has 26 heavy (non-hydrogen) atoms. The Morgan fingerprint density at radius 2 is 1.88 bits per heavy atom. The summed E-state index contributed by atoms with van der Waals surface area (Å²) >= 11 is 0. The third kappa shape index (κ3) is 4.54. The first-order valence-electron chi connectivity index (χ1n) is 8.10. The molecule has 0 radical (unpaired) electrons. The molecule has 1 amide bonds. The molecule has 0 saturated heterocycles. The molecule has 132 valence electrons. The van der Waals surface area contributed by atoms with E-state index in [0.717, 1.165) is 5.56 Å². The Hall–Kier alpha value is -3.46. The normalized spacial score (nSPS) is 11.1. The number of nitrogens with one attached hydrogen (secondary N) is 1. The molecule has 0 aliphatic heterocycles. The number of rotatable bonds is 5. The highest BCUT2D eigenvalue weighted by Crippen LogP contribution is 2.26. The van der Waals surface area contributed by atoms with Gasteiger partial charge in [-0.3, -0.25) is 14.9 Å². The van der Waals surface area contributed by atoms with E-state index in [-0.39, 0.29) is 16.9 Å². The average Bonchev–Trinajstić information content (AvgIpc) is 2.61. The van der Waals surface area contributed by atoms with E-state index in [2.05, 4.69) is 19.2 Å². The van der Waals surface area contributed by atoms with E-state index in [0.29, 0.717) is 17.0 Å². The molecule has 2 aromatic rings. The van der Waals surface area contributed by atoms with Crippen LogP contribution in [-0.2, 0) is 4.79 Å². The minimum atomic E-state index is -0.688. The van der Waals surface area contributed by atoms with Gasteiger partial charge in [-0.1, -0.05) is 44.2 Å². The molecule has 0 aliphatic rings. The molecule has 0 heterocycles. The van der Waals surface area contributed by atoms with Crippen LogP contribution in [0, 0.1) is 28.4 Å². The van der Waals surface area contributed by atoms with Gasteiger partial charge in [0.1, 0.15) is 17.3 Å². The zero-order chi connectivity index (χ0) is 19.3. The third-order valence-electron chi connectivity index (χ3n) is 3.88. The number of nitro groups is 1. The van der Waals surface area contributed by atoms with Crippen molar-refractivity contribution < 1.29 is 9.72 Å². The van der Waals surface area contributed by atoms with Crippen molar-refractivity contribution in [2.24, 2.45) is 0 Å². The Labute approximate surface area is 151 Å². The van der Waals surface area contributed by atoms with Gasteiger partial charge in [0.2, 0.25) is 0 Å². The summed E-state index contributed by atoms with van der Waals surface area (Å²) in [5.41, 5.74) is 2.28. The first-order chi connectivity index (χ1) is 12.3. The fraction of sp³-hybridized carbons (Fsp3) is 0.200. The smallest absolute Gasteiger partial charge is 0.293 e. The summed E-state index contributed by atoms with van der Waals surface area (Å²) in [7, 11) is 0. The monoisotopic (exact) mass is 349 g/mol. The van der Waals surface area contributed by atoms with Crippen LogP contribution in [0.2, 0.25) is 0 Å². The quantitative estimate of drug-likeness (QED) is 0.370. The lowest BCUT2D eigenvalue weighted by Gasteiger charge is -2.07. The van der Waals surface area contributed by atoms with E-state index in [9.17, 15) is 20.2 Å². The molecular formula is C20H19N3O3. The number of carbonyl (C=O) groups excluding carboxylic acids is 1. The van der Waals surface area contributed by atoms with E-state index in [1.54, 1.807) is 13.0 Å². The van der Waals surface area contributed by atoms with Gasteiger partial charge in [0.25, 0.3) is 11.6 Å². The van der Waals surface area contributed by atoms with Crippen molar-refractivity contribution in [3.8, 4) is 6.07 Å². The summed E-state index contributed by atoms with van der Waals surface area (Å²) in [6.07, 6.45) is 1.46. The maximum Gasteiger partial charge on any atom is 0.293 e. The van der Waals surface area contributed by atoms with Crippen LogP contribution in [0.5, 0.6) is 0 Å². The molecule has 6 nitrogen and oxygen atoms in total. The van der Waals surface area contributed by atoms with Crippen LogP contribution >= 0.6 is 0 Å². The Morgan fingerprint density at radius 1 is 1.23 bits per heavy atom. The topological polar surface area (TPSA) is 96.0 Å². The number of amides is 1. The van der Waals surface area contributed by atoms with Crippen molar-refractivity contribution in [3.63, 3.8) is 0 Å². The molecule has 0 unspecified atom stereocenters. The summed E-state index contributed by atoms with van der Waals surface area (Å²) < 4.78 is 0. The van der Waals surface area contributed by atoms with Crippen LogP contribution < -0.4 is 5.32 Å². The largest absolute Gasteiger partial charge is 0.316 e. The van der Waals surface area contributed by atoms with Crippen LogP contribution in [0.25, 0.3) is 6.08 Å². The number of carbonyl (C=O) groups is 1. The lowest BCUT2D eigenvalue weighted by molar-refractivity contribution is -0.384. The van der Waals surface area contributed by atoms with Crippen LogP contribution in [0.15, 0.2) is 48.0 Å². The van der Waals surface area contributed by atoms with E-state index in [1.165, 1.54) is 18.2 Å². The molecule has 0 aromatic heterocycles. The average molecular weight is 349 g/mol. The van der Waals surface area contributed by atoms with Gasteiger partial charge in [0.15, 0.2) is 0 Å². The summed E-state index contributed by atoms with van der Waals surface area (Å²) in [6, 6.07) is 13.9. The number of hydrogen-bond donors (Lipinski definition) is 1. The summed E-state index contributed by atoms with van der Waals surface area (Å²) in [5.74, 6) is -0.304. The Kier molecular flexibility index (Phi) is 5.86. The SMILES string of the molecule is Cc1ccc(NC(=O)C(C#N)=Cc2ccc(C(C)C)cc2)c([N+](=O)[O-])c1. The maximum atomic E-state index is 12.4. The van der Waals surface area contributed by atoms with E-state index in [1.807, 2.05) is 30.3 Å². The van der Waals surface area contributed by atoms with Gasteiger partial charge >= 0.3 is 0 Å². The fourth-order valence-electron chi connectivity index (χ4n) is 2.38. The first-order valence-corrected chi connectivity index (χ1v) is 8.10. The van der Waals surface area contributed by atoms with Gasteiger partial charge in [-0.05, 0) is 41.7 Å². The van der Waals surface area contributed by atoms with Gasteiger partial charge in [-0.2, -0.15) is 5.26 Å². The molecule has 0 atom stereocenters. The van der Waals surface area contributed by atoms with Crippen LogP contribution in [0.1, 0.15) is 36.5 Å². The number of nitriles is 1. The highest BCUT2D eigenvalue weighted by Gasteiger charge is 2.18. The molecule has 0 bridgehead atoms. The van der Waals surface area contributed by atoms with Crippen LogP contribution in [-0.4, -0.2) is 10.8 Å². The second kappa shape index (κ2) is 8.08. The molecule has 2 aromatic carbocycles. The Balaban J connectivity index is 2.27. The minimum Gasteiger partial charge on any atom is -0.316 e. The van der Waals surface area contributed by atoms with Crippen molar-refractivity contribution in [3.05, 3.63) is 74.8 Å². The number of nitro benzene ring substituents is 1. The predicted molar refractivity (Wildman–Crippen MR) is 101 cm³/mol. The number of nitrogens with zero attached hydrogens (tertiary/aromatic N) is 2. The molecule has 1 N–H and O–H groups in total. The van der Waals surface area contributed by atoms with Gasteiger partial charge in [-0.25, -0.2) is 0 Å². The van der Waals surface area contributed by atoms with Crippen molar-refractivity contribution in [2.45, 2.75) is 26.7 Å². The molecule has 0 fully saturated rings. The number of anilines is 1.